The van der Waals surface area contributed by atoms with Crippen molar-refractivity contribution in [3.8, 4) is 11.3 Å². The lowest BCUT2D eigenvalue weighted by Crippen LogP contribution is -2.21. The third-order valence-corrected chi connectivity index (χ3v) is 5.33. The fourth-order valence-corrected chi connectivity index (χ4v) is 3.56. The van der Waals surface area contributed by atoms with Gasteiger partial charge in [-0.15, -0.1) is 0 Å². The molecule has 3 nitrogen and oxygen atoms in total. The Morgan fingerprint density at radius 3 is 2.48 bits per heavy atom. The molecule has 1 heterocycles. The summed E-state index contributed by atoms with van der Waals surface area (Å²) in [5, 5.41) is 0. The lowest BCUT2D eigenvalue weighted by Gasteiger charge is -2.25. The Balaban J connectivity index is 2.00. The van der Waals surface area contributed by atoms with Gasteiger partial charge < -0.3 is 4.98 Å². The van der Waals surface area contributed by atoms with Gasteiger partial charge in [-0.2, -0.15) is 0 Å². The molecular weight excluding hydrogens is 375 g/mol. The summed E-state index contributed by atoms with van der Waals surface area (Å²) in [6, 6.07) is 9.97. The Bertz CT molecular complexity index is 673. The van der Waals surface area contributed by atoms with Gasteiger partial charge in [0.25, 0.3) is 5.56 Å². The van der Waals surface area contributed by atoms with Gasteiger partial charge in [0.2, 0.25) is 0 Å². The van der Waals surface area contributed by atoms with Crippen LogP contribution in [0.1, 0.15) is 44.3 Å². The fraction of sp³-hybridized carbons (Fsp3) is 0.412. The van der Waals surface area contributed by atoms with Crippen LogP contribution < -0.4 is 5.56 Å². The third kappa shape index (κ3) is 3.20. The van der Waals surface area contributed by atoms with E-state index in [1.807, 2.05) is 30.3 Å². The molecule has 0 unspecified atom stereocenters. The summed E-state index contributed by atoms with van der Waals surface area (Å²) < 4.78 is 0.673. The molecular formula is C17H19IN2O. The summed E-state index contributed by atoms with van der Waals surface area (Å²) in [6.07, 6.45) is 4.69. The van der Waals surface area contributed by atoms with E-state index in [1.54, 1.807) is 0 Å². The summed E-state index contributed by atoms with van der Waals surface area (Å²) in [5.74, 6) is 2.06. The molecule has 0 bridgehead atoms. The van der Waals surface area contributed by atoms with E-state index in [2.05, 4.69) is 34.5 Å². The van der Waals surface area contributed by atoms with E-state index in [-0.39, 0.29) is 5.56 Å². The number of aromatic amines is 1. The number of hydrogen-bond acceptors (Lipinski definition) is 2. The second-order valence-electron chi connectivity index (χ2n) is 5.94. The van der Waals surface area contributed by atoms with Gasteiger partial charge in [-0.05, 0) is 41.4 Å². The quantitative estimate of drug-likeness (QED) is 0.771. The molecule has 1 aliphatic rings. The van der Waals surface area contributed by atoms with Crippen molar-refractivity contribution in [2.45, 2.75) is 38.5 Å². The first-order chi connectivity index (χ1) is 10.1. The number of halogens is 1. The second-order valence-corrected chi connectivity index (χ2v) is 7.02. The molecule has 2 aromatic rings. The Morgan fingerprint density at radius 1 is 1.14 bits per heavy atom. The minimum Gasteiger partial charge on any atom is -0.309 e. The zero-order chi connectivity index (χ0) is 14.8. The van der Waals surface area contributed by atoms with Crippen LogP contribution in [0.5, 0.6) is 0 Å². The van der Waals surface area contributed by atoms with Crippen LogP contribution in [0.2, 0.25) is 0 Å². The first-order valence-electron chi connectivity index (χ1n) is 7.50. The van der Waals surface area contributed by atoms with E-state index >= 15 is 0 Å². The summed E-state index contributed by atoms with van der Waals surface area (Å²) in [6.45, 7) is 2.30. The molecule has 1 N–H and O–H groups in total. The molecule has 1 fully saturated rings. The Labute approximate surface area is 138 Å². The van der Waals surface area contributed by atoms with Crippen LogP contribution in [0.15, 0.2) is 35.1 Å². The minimum absolute atomic E-state index is 0.0157. The van der Waals surface area contributed by atoms with Gasteiger partial charge in [0, 0.05) is 11.5 Å². The van der Waals surface area contributed by atoms with Gasteiger partial charge in [-0.3, -0.25) is 4.79 Å². The summed E-state index contributed by atoms with van der Waals surface area (Å²) in [4.78, 5) is 20.0. The number of benzene rings is 1. The SMILES string of the molecule is CC1CCC(c2nc(-c3ccccc3)c(I)c(=O)[nH]2)CC1. The van der Waals surface area contributed by atoms with Gasteiger partial charge in [-0.1, -0.05) is 50.1 Å². The van der Waals surface area contributed by atoms with Gasteiger partial charge >= 0.3 is 0 Å². The summed E-state index contributed by atoms with van der Waals surface area (Å²) in [5.41, 5.74) is 1.81. The van der Waals surface area contributed by atoms with Gasteiger partial charge in [0.1, 0.15) is 9.39 Å². The smallest absolute Gasteiger partial charge is 0.264 e. The predicted octanol–water partition coefficient (Wildman–Crippen LogP) is 4.34. The molecule has 110 valence electrons. The average Bonchev–Trinajstić information content (AvgIpc) is 2.51. The number of rotatable bonds is 2. The number of hydrogen-bond donors (Lipinski definition) is 1. The maximum absolute atomic E-state index is 12.2. The zero-order valence-electron chi connectivity index (χ0n) is 12.1. The minimum atomic E-state index is -0.0157. The lowest BCUT2D eigenvalue weighted by molar-refractivity contribution is 0.339. The molecule has 1 saturated carbocycles. The third-order valence-electron chi connectivity index (χ3n) is 4.33. The second kappa shape index (κ2) is 6.30. The van der Waals surface area contributed by atoms with E-state index in [9.17, 15) is 4.79 Å². The number of aromatic nitrogens is 2. The van der Waals surface area contributed by atoms with Crippen molar-refractivity contribution in [3.63, 3.8) is 0 Å². The molecule has 0 aliphatic heterocycles. The Hall–Kier alpha value is -1.17. The molecule has 1 aromatic carbocycles. The van der Waals surface area contributed by atoms with E-state index in [1.165, 1.54) is 12.8 Å². The molecule has 0 saturated heterocycles. The lowest BCUT2D eigenvalue weighted by atomic mass is 9.82. The van der Waals surface area contributed by atoms with Crippen LogP contribution in [0.3, 0.4) is 0 Å². The van der Waals surface area contributed by atoms with Crippen molar-refractivity contribution in [3.05, 3.63) is 50.1 Å². The highest BCUT2D eigenvalue weighted by Gasteiger charge is 2.23. The van der Waals surface area contributed by atoms with Crippen LogP contribution >= 0.6 is 22.6 Å². The standard InChI is InChI=1S/C17H19IN2O/c1-11-7-9-13(10-8-11)16-19-15(14(18)17(21)20-16)12-5-3-2-4-6-12/h2-6,11,13H,7-10H2,1H3,(H,19,20,21). The predicted molar refractivity (Wildman–Crippen MR) is 93.4 cm³/mol. The van der Waals surface area contributed by atoms with E-state index in [0.717, 1.165) is 35.8 Å². The van der Waals surface area contributed by atoms with Crippen molar-refractivity contribution < 1.29 is 0 Å². The van der Waals surface area contributed by atoms with Gasteiger partial charge in [0.15, 0.2) is 0 Å². The van der Waals surface area contributed by atoms with Crippen LogP contribution in [-0.2, 0) is 0 Å². The van der Waals surface area contributed by atoms with Crippen LogP contribution in [0, 0.1) is 9.49 Å². The van der Waals surface area contributed by atoms with Crippen LogP contribution in [0.25, 0.3) is 11.3 Å². The number of nitrogens with zero attached hydrogens (tertiary/aromatic N) is 1. The highest BCUT2D eigenvalue weighted by Crippen LogP contribution is 2.34. The van der Waals surface area contributed by atoms with E-state index < -0.39 is 0 Å². The average molecular weight is 394 g/mol. The maximum Gasteiger partial charge on any atom is 0.264 e. The van der Waals surface area contributed by atoms with E-state index in [0.29, 0.717) is 9.49 Å². The van der Waals surface area contributed by atoms with Crippen molar-refractivity contribution in [2.75, 3.05) is 0 Å². The summed E-state index contributed by atoms with van der Waals surface area (Å²) in [7, 11) is 0. The van der Waals surface area contributed by atoms with Crippen LogP contribution in [-0.4, -0.2) is 9.97 Å². The van der Waals surface area contributed by atoms with Crippen molar-refractivity contribution in [1.82, 2.24) is 9.97 Å². The van der Waals surface area contributed by atoms with Crippen molar-refractivity contribution in [1.29, 1.82) is 0 Å². The number of nitrogens with one attached hydrogen (secondary N) is 1. The first-order valence-corrected chi connectivity index (χ1v) is 8.58. The monoisotopic (exact) mass is 394 g/mol. The normalized spacial score (nSPS) is 22.2. The highest BCUT2D eigenvalue weighted by atomic mass is 127. The summed E-state index contributed by atoms with van der Waals surface area (Å²) >= 11 is 2.09. The molecule has 21 heavy (non-hydrogen) atoms. The maximum atomic E-state index is 12.2. The Kier molecular flexibility index (Phi) is 4.42. The van der Waals surface area contributed by atoms with Crippen LogP contribution in [0.4, 0.5) is 0 Å². The van der Waals surface area contributed by atoms with Crippen molar-refractivity contribution >= 4 is 22.6 Å². The van der Waals surface area contributed by atoms with E-state index in [4.69, 9.17) is 4.98 Å². The highest BCUT2D eigenvalue weighted by molar-refractivity contribution is 14.1. The molecule has 4 heteroatoms. The molecule has 0 atom stereocenters. The topological polar surface area (TPSA) is 45.8 Å². The molecule has 0 amide bonds. The molecule has 0 radical (unpaired) electrons. The molecule has 3 rings (SSSR count). The van der Waals surface area contributed by atoms with Crippen molar-refractivity contribution in [2.24, 2.45) is 5.92 Å². The largest absolute Gasteiger partial charge is 0.309 e. The molecule has 1 aromatic heterocycles. The van der Waals surface area contributed by atoms with Gasteiger partial charge in [-0.25, -0.2) is 4.98 Å². The molecule has 1 aliphatic carbocycles. The Morgan fingerprint density at radius 2 is 1.81 bits per heavy atom. The fourth-order valence-electron chi connectivity index (χ4n) is 2.99. The molecule has 0 spiro atoms. The zero-order valence-corrected chi connectivity index (χ0v) is 14.3. The van der Waals surface area contributed by atoms with Gasteiger partial charge in [0.05, 0.1) is 5.69 Å². The number of H-pyrrole nitrogens is 1. The first kappa shape index (κ1) is 14.8.